The normalized spacial score (nSPS) is 12.2. The fraction of sp³-hybridized carbons (Fsp3) is 0.312. The molecule has 4 heteroatoms. The minimum absolute atomic E-state index is 0.165. The number of benzene rings is 1. The summed E-state index contributed by atoms with van der Waals surface area (Å²) in [5.74, 6) is 1.35. The van der Waals surface area contributed by atoms with Crippen LogP contribution in [0.2, 0.25) is 5.02 Å². The van der Waals surface area contributed by atoms with Gasteiger partial charge in [-0.3, -0.25) is 4.98 Å². The number of rotatable bonds is 5. The molecule has 0 fully saturated rings. The maximum Gasteiger partial charge on any atom is 0.148 e. The molecule has 2 N–H and O–H groups in total. The molecule has 0 aliphatic heterocycles. The number of ether oxygens (including phenoxy) is 1. The van der Waals surface area contributed by atoms with Gasteiger partial charge in [-0.05, 0) is 49.6 Å². The molecule has 2 aromatic rings. The zero-order valence-electron chi connectivity index (χ0n) is 11.8. The van der Waals surface area contributed by atoms with E-state index in [1.165, 1.54) is 0 Å². The molecule has 0 aliphatic rings. The van der Waals surface area contributed by atoms with Crippen molar-refractivity contribution in [2.24, 2.45) is 5.73 Å². The summed E-state index contributed by atoms with van der Waals surface area (Å²) in [6.45, 7) is 3.98. The van der Waals surface area contributed by atoms with E-state index in [-0.39, 0.29) is 6.04 Å². The number of hydrogen-bond acceptors (Lipinski definition) is 3. The van der Waals surface area contributed by atoms with Crippen molar-refractivity contribution < 1.29 is 4.74 Å². The van der Waals surface area contributed by atoms with Crippen molar-refractivity contribution in [2.75, 3.05) is 0 Å². The molecule has 1 heterocycles. The molecule has 0 aliphatic carbocycles. The first kappa shape index (κ1) is 14.8. The Bertz CT molecular complexity index is 586. The number of hydrogen-bond donors (Lipinski definition) is 1. The van der Waals surface area contributed by atoms with Crippen molar-refractivity contribution in [2.45, 2.75) is 32.7 Å². The molecule has 0 amide bonds. The Kier molecular flexibility index (Phi) is 4.99. The number of nitrogens with two attached hydrogens (primary N) is 1. The predicted octanol–water partition coefficient (Wildman–Crippen LogP) is 4.12. The van der Waals surface area contributed by atoms with Gasteiger partial charge in [0.05, 0.1) is 10.7 Å². The van der Waals surface area contributed by atoms with Crippen LogP contribution in [0.3, 0.4) is 0 Å². The number of nitrogens with zero attached hydrogens (tertiary/aromatic N) is 1. The van der Waals surface area contributed by atoms with Gasteiger partial charge in [0, 0.05) is 12.2 Å². The lowest BCUT2D eigenvalue weighted by atomic mass is 10.0. The van der Waals surface area contributed by atoms with E-state index in [1.807, 2.05) is 37.3 Å². The van der Waals surface area contributed by atoms with E-state index in [9.17, 15) is 0 Å². The van der Waals surface area contributed by atoms with Gasteiger partial charge in [-0.25, -0.2) is 0 Å². The van der Waals surface area contributed by atoms with Crippen molar-refractivity contribution in [3.05, 3.63) is 52.8 Å². The van der Waals surface area contributed by atoms with E-state index >= 15 is 0 Å². The standard InChI is InChI=1S/C16H19ClN2O/c1-3-13(18)9-12-6-7-16(14(17)10-12)20-15-5-4-8-19-11(15)2/h4-8,10,13H,3,9,18H2,1-2H3. The molecule has 1 unspecified atom stereocenters. The highest BCUT2D eigenvalue weighted by Gasteiger charge is 2.08. The van der Waals surface area contributed by atoms with Crippen LogP contribution in [0.1, 0.15) is 24.6 Å². The van der Waals surface area contributed by atoms with Crippen LogP contribution in [0.15, 0.2) is 36.5 Å². The molecule has 0 saturated heterocycles. The van der Waals surface area contributed by atoms with Gasteiger partial charge in [-0.1, -0.05) is 24.6 Å². The lowest BCUT2D eigenvalue weighted by Crippen LogP contribution is -2.21. The van der Waals surface area contributed by atoms with E-state index in [2.05, 4.69) is 11.9 Å². The van der Waals surface area contributed by atoms with Gasteiger partial charge in [0.2, 0.25) is 0 Å². The Morgan fingerprint density at radius 2 is 2.10 bits per heavy atom. The van der Waals surface area contributed by atoms with E-state index in [0.29, 0.717) is 16.5 Å². The Balaban J connectivity index is 2.16. The van der Waals surface area contributed by atoms with Crippen LogP contribution < -0.4 is 10.5 Å². The van der Waals surface area contributed by atoms with Crippen molar-refractivity contribution in [1.29, 1.82) is 0 Å². The van der Waals surface area contributed by atoms with Crippen LogP contribution >= 0.6 is 11.6 Å². The molecule has 1 aromatic heterocycles. The molecule has 0 bridgehead atoms. The summed E-state index contributed by atoms with van der Waals surface area (Å²) in [5.41, 5.74) is 7.91. The van der Waals surface area contributed by atoms with E-state index in [0.717, 1.165) is 24.1 Å². The van der Waals surface area contributed by atoms with Gasteiger partial charge in [-0.15, -0.1) is 0 Å². The molecular weight excluding hydrogens is 272 g/mol. The van der Waals surface area contributed by atoms with Gasteiger partial charge in [0.1, 0.15) is 11.5 Å². The highest BCUT2D eigenvalue weighted by Crippen LogP contribution is 2.31. The van der Waals surface area contributed by atoms with Crippen LogP contribution in [-0.4, -0.2) is 11.0 Å². The lowest BCUT2D eigenvalue weighted by Gasteiger charge is -2.12. The van der Waals surface area contributed by atoms with Crippen molar-refractivity contribution in [3.63, 3.8) is 0 Å². The molecule has 2 rings (SSSR count). The second-order valence-corrected chi connectivity index (χ2v) is 5.23. The maximum absolute atomic E-state index is 6.27. The second kappa shape index (κ2) is 6.73. The monoisotopic (exact) mass is 290 g/mol. The predicted molar refractivity (Wildman–Crippen MR) is 82.5 cm³/mol. The molecule has 20 heavy (non-hydrogen) atoms. The molecule has 1 atom stereocenters. The molecular formula is C16H19ClN2O. The number of pyridine rings is 1. The second-order valence-electron chi connectivity index (χ2n) is 4.83. The van der Waals surface area contributed by atoms with Crippen molar-refractivity contribution in [3.8, 4) is 11.5 Å². The van der Waals surface area contributed by atoms with Crippen LogP contribution in [0.4, 0.5) is 0 Å². The first-order valence-electron chi connectivity index (χ1n) is 6.73. The van der Waals surface area contributed by atoms with E-state index in [4.69, 9.17) is 22.1 Å². The zero-order chi connectivity index (χ0) is 14.5. The number of halogens is 1. The van der Waals surface area contributed by atoms with Gasteiger partial charge in [-0.2, -0.15) is 0 Å². The van der Waals surface area contributed by atoms with Gasteiger partial charge >= 0.3 is 0 Å². The summed E-state index contributed by atoms with van der Waals surface area (Å²) in [4.78, 5) is 4.19. The third kappa shape index (κ3) is 3.71. The summed E-state index contributed by atoms with van der Waals surface area (Å²) in [6, 6.07) is 9.68. The molecule has 106 valence electrons. The third-order valence-corrected chi connectivity index (χ3v) is 3.49. The smallest absolute Gasteiger partial charge is 0.148 e. The van der Waals surface area contributed by atoms with Gasteiger partial charge in [0.15, 0.2) is 0 Å². The average molecular weight is 291 g/mol. The minimum atomic E-state index is 0.165. The molecule has 0 radical (unpaired) electrons. The van der Waals surface area contributed by atoms with Crippen molar-refractivity contribution >= 4 is 11.6 Å². The van der Waals surface area contributed by atoms with Crippen molar-refractivity contribution in [1.82, 2.24) is 4.98 Å². The van der Waals surface area contributed by atoms with E-state index < -0.39 is 0 Å². The topological polar surface area (TPSA) is 48.1 Å². The Labute approximate surface area is 124 Å². The summed E-state index contributed by atoms with van der Waals surface area (Å²) >= 11 is 6.27. The highest BCUT2D eigenvalue weighted by atomic mass is 35.5. The van der Waals surface area contributed by atoms with Gasteiger partial charge in [0.25, 0.3) is 0 Å². The number of aromatic nitrogens is 1. The Morgan fingerprint density at radius 1 is 1.30 bits per heavy atom. The third-order valence-electron chi connectivity index (χ3n) is 3.20. The zero-order valence-corrected chi connectivity index (χ0v) is 12.5. The quantitative estimate of drug-likeness (QED) is 0.901. The largest absolute Gasteiger partial charge is 0.454 e. The fourth-order valence-electron chi connectivity index (χ4n) is 1.90. The van der Waals surface area contributed by atoms with Crippen LogP contribution in [0.25, 0.3) is 0 Å². The molecule has 3 nitrogen and oxygen atoms in total. The molecule has 1 aromatic carbocycles. The molecule has 0 saturated carbocycles. The highest BCUT2D eigenvalue weighted by molar-refractivity contribution is 6.32. The van der Waals surface area contributed by atoms with Gasteiger partial charge < -0.3 is 10.5 Å². The minimum Gasteiger partial charge on any atom is -0.454 e. The average Bonchev–Trinajstić information content (AvgIpc) is 2.44. The maximum atomic E-state index is 6.27. The summed E-state index contributed by atoms with van der Waals surface area (Å²) in [5, 5.41) is 0.592. The summed E-state index contributed by atoms with van der Waals surface area (Å²) in [6.07, 6.45) is 3.51. The summed E-state index contributed by atoms with van der Waals surface area (Å²) < 4.78 is 5.80. The summed E-state index contributed by atoms with van der Waals surface area (Å²) in [7, 11) is 0. The molecule has 0 spiro atoms. The SMILES string of the molecule is CCC(N)Cc1ccc(Oc2cccnc2C)c(Cl)c1. The number of aryl methyl sites for hydroxylation is 1. The van der Waals surface area contributed by atoms with Crippen LogP contribution in [-0.2, 0) is 6.42 Å². The van der Waals surface area contributed by atoms with Crippen LogP contribution in [0, 0.1) is 6.92 Å². The first-order valence-corrected chi connectivity index (χ1v) is 7.11. The first-order chi connectivity index (χ1) is 9.60. The fourth-order valence-corrected chi connectivity index (χ4v) is 2.14. The Hall–Kier alpha value is -1.58. The lowest BCUT2D eigenvalue weighted by molar-refractivity contribution is 0.475. The van der Waals surface area contributed by atoms with E-state index in [1.54, 1.807) is 6.20 Å². The Morgan fingerprint density at radius 3 is 2.75 bits per heavy atom. The van der Waals surface area contributed by atoms with Crippen LogP contribution in [0.5, 0.6) is 11.5 Å².